The van der Waals surface area contributed by atoms with Crippen LogP contribution >= 0.6 is 0 Å². The largest absolute Gasteiger partial charge is 0.381 e. The van der Waals surface area contributed by atoms with E-state index in [1.807, 2.05) is 30.6 Å². The summed E-state index contributed by atoms with van der Waals surface area (Å²) in [6.07, 6.45) is 7.26. The van der Waals surface area contributed by atoms with Crippen LogP contribution < -0.4 is 0 Å². The highest BCUT2D eigenvalue weighted by Gasteiger charge is 2.34. The van der Waals surface area contributed by atoms with Crippen LogP contribution in [0.4, 0.5) is 0 Å². The molecule has 2 aliphatic heterocycles. The van der Waals surface area contributed by atoms with E-state index in [9.17, 15) is 9.59 Å². The summed E-state index contributed by atoms with van der Waals surface area (Å²) in [6, 6.07) is 8.14. The number of carbonyl (C=O) groups is 2. The lowest BCUT2D eigenvalue weighted by Crippen LogP contribution is -2.39. The van der Waals surface area contributed by atoms with E-state index in [1.165, 1.54) is 17.1 Å². The number of benzene rings is 1. The van der Waals surface area contributed by atoms with Crippen LogP contribution in [0.1, 0.15) is 17.9 Å². The van der Waals surface area contributed by atoms with Gasteiger partial charge in [0.15, 0.2) is 0 Å². The third-order valence-electron chi connectivity index (χ3n) is 4.92. The first-order chi connectivity index (χ1) is 11.7. The predicted molar refractivity (Wildman–Crippen MR) is 89.3 cm³/mol. The number of carbonyl (C=O) groups excluding carboxylic acids is 2. The zero-order valence-corrected chi connectivity index (χ0v) is 13.2. The Morgan fingerprint density at radius 2 is 1.92 bits per heavy atom. The average molecular weight is 322 g/mol. The van der Waals surface area contributed by atoms with Crippen molar-refractivity contribution in [2.24, 2.45) is 5.92 Å². The molecule has 2 amide bonds. The Balaban J connectivity index is 1.66. The quantitative estimate of drug-likeness (QED) is 0.814. The molecule has 1 aromatic carbocycles. The minimum absolute atomic E-state index is 0.124. The van der Waals surface area contributed by atoms with Gasteiger partial charge in [0.2, 0.25) is 0 Å². The van der Waals surface area contributed by atoms with E-state index in [2.05, 4.69) is 11.1 Å². The minimum Gasteiger partial charge on any atom is -0.381 e. The summed E-state index contributed by atoms with van der Waals surface area (Å²) in [5, 5.41) is 2.25. The summed E-state index contributed by atoms with van der Waals surface area (Å²) in [5.41, 5.74) is 1.13. The molecule has 0 radical (unpaired) electrons. The number of fused-ring (bicyclic) bond motifs is 1. The van der Waals surface area contributed by atoms with Crippen molar-refractivity contribution in [1.82, 2.24) is 9.88 Å². The number of pyridine rings is 1. The molecule has 2 aliphatic rings. The number of rotatable bonds is 3. The van der Waals surface area contributed by atoms with Gasteiger partial charge in [-0.05, 0) is 23.3 Å². The van der Waals surface area contributed by atoms with E-state index in [4.69, 9.17) is 4.74 Å². The number of ether oxygens (including phenoxy) is 1. The molecule has 1 fully saturated rings. The molecule has 0 N–H and O–H groups in total. The van der Waals surface area contributed by atoms with Crippen LogP contribution in [0.5, 0.6) is 0 Å². The normalized spacial score (nSPS) is 24.1. The second kappa shape index (κ2) is 6.17. The zero-order chi connectivity index (χ0) is 16.5. The van der Waals surface area contributed by atoms with E-state index in [0.29, 0.717) is 19.8 Å². The smallest absolute Gasteiger partial charge is 0.253 e. The molecule has 1 aromatic heterocycles. The number of amides is 2. The van der Waals surface area contributed by atoms with Crippen molar-refractivity contribution >= 4 is 22.6 Å². The number of aromatic nitrogens is 1. The number of hydrogen-bond donors (Lipinski definition) is 0. The van der Waals surface area contributed by atoms with Gasteiger partial charge in [0, 0.05) is 49.0 Å². The summed E-state index contributed by atoms with van der Waals surface area (Å²) in [4.78, 5) is 29.5. The molecular formula is C19H18N2O3. The molecule has 0 saturated carbocycles. The molecule has 0 bridgehead atoms. The predicted octanol–water partition coefficient (Wildman–Crippen LogP) is 2.28. The molecule has 3 heterocycles. The Labute approximate surface area is 139 Å². The van der Waals surface area contributed by atoms with Crippen molar-refractivity contribution in [2.75, 3.05) is 19.8 Å². The van der Waals surface area contributed by atoms with Gasteiger partial charge in [-0.15, -0.1) is 0 Å². The molecule has 24 heavy (non-hydrogen) atoms. The summed E-state index contributed by atoms with van der Waals surface area (Å²) >= 11 is 0. The van der Waals surface area contributed by atoms with Gasteiger partial charge in [0.1, 0.15) is 0 Å². The lowest BCUT2D eigenvalue weighted by atomic mass is 9.81. The maximum Gasteiger partial charge on any atom is 0.253 e. The maximum absolute atomic E-state index is 11.9. The summed E-state index contributed by atoms with van der Waals surface area (Å²) < 4.78 is 5.70. The molecule has 122 valence electrons. The number of nitrogens with zero attached hydrogens (tertiary/aromatic N) is 2. The third-order valence-corrected chi connectivity index (χ3v) is 4.92. The number of hydrogen-bond acceptors (Lipinski definition) is 4. The average Bonchev–Trinajstić information content (AvgIpc) is 2.94. The van der Waals surface area contributed by atoms with Gasteiger partial charge in [-0.3, -0.25) is 19.5 Å². The summed E-state index contributed by atoms with van der Waals surface area (Å²) in [7, 11) is 0. The Morgan fingerprint density at radius 1 is 1.12 bits per heavy atom. The van der Waals surface area contributed by atoms with E-state index in [0.717, 1.165) is 22.8 Å². The Bertz CT molecular complexity index is 807. The molecule has 0 spiro atoms. The summed E-state index contributed by atoms with van der Waals surface area (Å²) in [6.45, 7) is 1.68. The monoisotopic (exact) mass is 322 g/mol. The van der Waals surface area contributed by atoms with Gasteiger partial charge < -0.3 is 4.74 Å². The highest BCUT2D eigenvalue weighted by atomic mass is 16.5. The highest BCUT2D eigenvalue weighted by molar-refractivity contribution is 6.12. The second-order valence-electron chi connectivity index (χ2n) is 6.30. The van der Waals surface area contributed by atoms with Crippen LogP contribution in [0.3, 0.4) is 0 Å². The van der Waals surface area contributed by atoms with Crippen molar-refractivity contribution in [3.63, 3.8) is 0 Å². The first kappa shape index (κ1) is 15.0. The van der Waals surface area contributed by atoms with E-state index in [-0.39, 0.29) is 23.7 Å². The molecule has 5 heteroatoms. The van der Waals surface area contributed by atoms with Crippen LogP contribution in [-0.2, 0) is 14.3 Å². The van der Waals surface area contributed by atoms with Crippen LogP contribution in [0.25, 0.3) is 10.8 Å². The maximum atomic E-state index is 11.9. The molecule has 4 rings (SSSR count). The van der Waals surface area contributed by atoms with Gasteiger partial charge >= 0.3 is 0 Å². The SMILES string of the molecule is O=C1C=CC(=O)N1CC1CCOCC1c1cncc2ccccc12. The fourth-order valence-electron chi connectivity index (χ4n) is 3.63. The highest BCUT2D eigenvalue weighted by Crippen LogP contribution is 2.35. The number of imide groups is 1. The molecule has 5 nitrogen and oxygen atoms in total. The standard InChI is InChI=1S/C19H18N2O3/c22-18-5-6-19(23)21(18)11-14-7-8-24-12-17(14)16-10-20-9-13-3-1-2-4-15(13)16/h1-6,9-10,14,17H,7-8,11-12H2. The fourth-order valence-corrected chi connectivity index (χ4v) is 3.63. The molecule has 1 saturated heterocycles. The van der Waals surface area contributed by atoms with Gasteiger partial charge in [0.05, 0.1) is 6.61 Å². The van der Waals surface area contributed by atoms with Crippen molar-refractivity contribution in [3.05, 3.63) is 54.4 Å². The van der Waals surface area contributed by atoms with Crippen molar-refractivity contribution in [1.29, 1.82) is 0 Å². The van der Waals surface area contributed by atoms with E-state index >= 15 is 0 Å². The zero-order valence-electron chi connectivity index (χ0n) is 13.2. The summed E-state index contributed by atoms with van der Waals surface area (Å²) in [5.74, 6) is -0.139. The lowest BCUT2D eigenvalue weighted by molar-refractivity contribution is -0.138. The van der Waals surface area contributed by atoms with Gasteiger partial charge in [-0.2, -0.15) is 0 Å². The van der Waals surface area contributed by atoms with E-state index < -0.39 is 0 Å². The molecule has 2 unspecified atom stereocenters. The van der Waals surface area contributed by atoms with Crippen molar-refractivity contribution in [3.8, 4) is 0 Å². The van der Waals surface area contributed by atoms with Gasteiger partial charge in [0.25, 0.3) is 11.8 Å². The minimum atomic E-state index is -0.221. The topological polar surface area (TPSA) is 59.5 Å². The van der Waals surface area contributed by atoms with Gasteiger partial charge in [-0.25, -0.2) is 0 Å². The lowest BCUT2D eigenvalue weighted by Gasteiger charge is -2.34. The van der Waals surface area contributed by atoms with Crippen LogP contribution in [0.15, 0.2) is 48.8 Å². The molecule has 2 aromatic rings. The van der Waals surface area contributed by atoms with Crippen molar-refractivity contribution < 1.29 is 14.3 Å². The Hall–Kier alpha value is -2.53. The van der Waals surface area contributed by atoms with Crippen LogP contribution in [-0.4, -0.2) is 41.5 Å². The first-order valence-corrected chi connectivity index (χ1v) is 8.18. The molecule has 0 aliphatic carbocycles. The molecular weight excluding hydrogens is 304 g/mol. The van der Waals surface area contributed by atoms with Gasteiger partial charge in [-0.1, -0.05) is 24.3 Å². The van der Waals surface area contributed by atoms with Crippen LogP contribution in [0.2, 0.25) is 0 Å². The third kappa shape index (κ3) is 2.61. The second-order valence-corrected chi connectivity index (χ2v) is 6.30. The van der Waals surface area contributed by atoms with Crippen LogP contribution in [0, 0.1) is 5.92 Å². The van der Waals surface area contributed by atoms with E-state index in [1.54, 1.807) is 0 Å². The fraction of sp³-hybridized carbons (Fsp3) is 0.316. The molecule has 2 atom stereocenters. The Kier molecular flexibility index (Phi) is 3.86. The van der Waals surface area contributed by atoms with Crippen molar-refractivity contribution in [2.45, 2.75) is 12.3 Å². The first-order valence-electron chi connectivity index (χ1n) is 8.18. The Morgan fingerprint density at radius 3 is 2.75 bits per heavy atom.